The van der Waals surface area contributed by atoms with Crippen LogP contribution in [0, 0.1) is 0 Å². The monoisotopic (exact) mass is 216 g/mol. The highest BCUT2D eigenvalue weighted by Crippen LogP contribution is 2.04. The maximum atomic E-state index is 8.95. The van der Waals surface area contributed by atoms with Crippen LogP contribution in [-0.2, 0) is 4.74 Å². The molecule has 0 aromatic rings. The molecule has 0 bridgehead atoms. The van der Waals surface area contributed by atoms with Crippen LogP contribution in [0.25, 0.3) is 0 Å². The van der Waals surface area contributed by atoms with Gasteiger partial charge in [-0.1, -0.05) is 6.92 Å². The Morgan fingerprint density at radius 2 is 2.07 bits per heavy atom. The molecule has 0 aliphatic carbocycles. The number of likely N-dealkylation sites (N-methyl/N-ethyl adjacent to an activating group) is 1. The molecule has 1 aliphatic heterocycles. The number of rotatable bonds is 6. The first-order valence-corrected chi connectivity index (χ1v) is 5.93. The summed E-state index contributed by atoms with van der Waals surface area (Å²) in [7, 11) is 0. The highest BCUT2D eigenvalue weighted by molar-refractivity contribution is 4.72. The van der Waals surface area contributed by atoms with Gasteiger partial charge in [-0.2, -0.15) is 0 Å². The molecule has 1 aliphatic rings. The van der Waals surface area contributed by atoms with E-state index in [0.29, 0.717) is 6.04 Å². The molecular formula is C11H24N2O2. The zero-order valence-corrected chi connectivity index (χ0v) is 9.98. The van der Waals surface area contributed by atoms with Crippen LogP contribution in [0.5, 0.6) is 0 Å². The lowest BCUT2D eigenvalue weighted by molar-refractivity contribution is 0.0234. The van der Waals surface area contributed by atoms with Crippen molar-refractivity contribution in [3.8, 4) is 0 Å². The van der Waals surface area contributed by atoms with Crippen molar-refractivity contribution in [2.24, 2.45) is 0 Å². The molecule has 0 amide bonds. The number of ether oxygens (including phenoxy) is 1. The van der Waals surface area contributed by atoms with Gasteiger partial charge in [-0.15, -0.1) is 0 Å². The summed E-state index contributed by atoms with van der Waals surface area (Å²) >= 11 is 0. The average Bonchev–Trinajstić information content (AvgIpc) is 2.27. The van der Waals surface area contributed by atoms with Gasteiger partial charge >= 0.3 is 0 Å². The second-order valence-electron chi connectivity index (χ2n) is 4.11. The average molecular weight is 216 g/mol. The van der Waals surface area contributed by atoms with Gasteiger partial charge < -0.3 is 9.84 Å². The highest BCUT2D eigenvalue weighted by Gasteiger charge is 2.17. The van der Waals surface area contributed by atoms with E-state index in [2.05, 4.69) is 23.6 Å². The predicted octanol–water partition coefficient (Wildman–Crippen LogP) is 0.0213. The fourth-order valence-electron chi connectivity index (χ4n) is 2.09. The molecule has 1 atom stereocenters. The van der Waals surface area contributed by atoms with E-state index in [1.165, 1.54) is 0 Å². The van der Waals surface area contributed by atoms with Crippen molar-refractivity contribution in [1.29, 1.82) is 0 Å². The van der Waals surface area contributed by atoms with Crippen LogP contribution in [-0.4, -0.2) is 73.5 Å². The molecule has 1 fully saturated rings. The lowest BCUT2D eigenvalue weighted by Crippen LogP contribution is -2.46. The SMILES string of the molecule is CCN(CCO)C(C)CN1CCOCC1. The lowest BCUT2D eigenvalue weighted by atomic mass is 10.2. The van der Waals surface area contributed by atoms with Gasteiger partial charge in [-0.3, -0.25) is 9.80 Å². The number of aliphatic hydroxyl groups excluding tert-OH is 1. The van der Waals surface area contributed by atoms with Gasteiger partial charge in [-0.25, -0.2) is 0 Å². The Labute approximate surface area is 92.8 Å². The molecule has 1 rings (SSSR count). The van der Waals surface area contributed by atoms with E-state index in [1.807, 2.05) is 0 Å². The van der Waals surface area contributed by atoms with Crippen LogP contribution in [0.3, 0.4) is 0 Å². The number of morpholine rings is 1. The lowest BCUT2D eigenvalue weighted by Gasteiger charge is -2.34. The van der Waals surface area contributed by atoms with Crippen LogP contribution in [0.15, 0.2) is 0 Å². The first-order valence-electron chi connectivity index (χ1n) is 5.93. The molecule has 90 valence electrons. The van der Waals surface area contributed by atoms with Gasteiger partial charge in [0.2, 0.25) is 0 Å². The summed E-state index contributed by atoms with van der Waals surface area (Å²) in [5, 5.41) is 8.95. The summed E-state index contributed by atoms with van der Waals surface area (Å²) in [6, 6.07) is 0.514. The van der Waals surface area contributed by atoms with E-state index in [4.69, 9.17) is 9.84 Å². The molecule has 4 nitrogen and oxygen atoms in total. The first-order chi connectivity index (χ1) is 7.27. The minimum absolute atomic E-state index is 0.251. The predicted molar refractivity (Wildman–Crippen MR) is 61.1 cm³/mol. The van der Waals surface area contributed by atoms with Crippen LogP contribution < -0.4 is 0 Å². The van der Waals surface area contributed by atoms with Crippen molar-refractivity contribution >= 4 is 0 Å². The molecule has 15 heavy (non-hydrogen) atoms. The smallest absolute Gasteiger partial charge is 0.0594 e. The minimum atomic E-state index is 0.251. The van der Waals surface area contributed by atoms with Gasteiger partial charge in [0.1, 0.15) is 0 Å². The highest BCUT2D eigenvalue weighted by atomic mass is 16.5. The minimum Gasteiger partial charge on any atom is -0.395 e. The topological polar surface area (TPSA) is 35.9 Å². The van der Waals surface area contributed by atoms with Gasteiger partial charge in [-0.05, 0) is 13.5 Å². The number of hydrogen-bond acceptors (Lipinski definition) is 4. The summed E-state index contributed by atoms with van der Waals surface area (Å²) < 4.78 is 5.32. The maximum Gasteiger partial charge on any atom is 0.0594 e. The van der Waals surface area contributed by atoms with Gasteiger partial charge in [0.15, 0.2) is 0 Å². The molecule has 0 spiro atoms. The Balaban J connectivity index is 2.27. The van der Waals surface area contributed by atoms with E-state index in [9.17, 15) is 0 Å². The third kappa shape index (κ3) is 4.47. The second-order valence-corrected chi connectivity index (χ2v) is 4.11. The molecule has 1 unspecified atom stereocenters. The number of nitrogens with zero attached hydrogens (tertiary/aromatic N) is 2. The Morgan fingerprint density at radius 3 is 2.60 bits per heavy atom. The van der Waals surface area contributed by atoms with Crippen LogP contribution in [0.4, 0.5) is 0 Å². The number of aliphatic hydroxyl groups is 1. The zero-order valence-electron chi connectivity index (χ0n) is 9.98. The van der Waals surface area contributed by atoms with Crippen molar-refractivity contribution in [1.82, 2.24) is 9.80 Å². The maximum absolute atomic E-state index is 8.95. The van der Waals surface area contributed by atoms with Crippen LogP contribution in [0.2, 0.25) is 0 Å². The molecule has 0 aromatic carbocycles. The molecule has 1 heterocycles. The third-order valence-electron chi connectivity index (χ3n) is 3.04. The molecule has 1 N–H and O–H groups in total. The molecule has 0 aromatic heterocycles. The van der Waals surface area contributed by atoms with E-state index in [0.717, 1.165) is 45.9 Å². The Morgan fingerprint density at radius 1 is 1.40 bits per heavy atom. The van der Waals surface area contributed by atoms with E-state index in [1.54, 1.807) is 0 Å². The summed E-state index contributed by atoms with van der Waals surface area (Å²) in [4.78, 5) is 4.75. The Hall–Kier alpha value is -0.160. The molecule has 1 saturated heterocycles. The fourth-order valence-corrected chi connectivity index (χ4v) is 2.09. The van der Waals surface area contributed by atoms with Crippen molar-refractivity contribution in [2.75, 3.05) is 52.5 Å². The van der Waals surface area contributed by atoms with Crippen molar-refractivity contribution in [3.63, 3.8) is 0 Å². The zero-order chi connectivity index (χ0) is 11.1. The second kappa shape index (κ2) is 7.17. The van der Waals surface area contributed by atoms with E-state index >= 15 is 0 Å². The molecule has 4 heteroatoms. The first kappa shape index (κ1) is 12.9. The van der Waals surface area contributed by atoms with Crippen molar-refractivity contribution < 1.29 is 9.84 Å². The largest absolute Gasteiger partial charge is 0.395 e. The normalized spacial score (nSPS) is 20.8. The molecular weight excluding hydrogens is 192 g/mol. The van der Waals surface area contributed by atoms with Crippen LogP contribution >= 0.6 is 0 Å². The fraction of sp³-hybridized carbons (Fsp3) is 1.00. The van der Waals surface area contributed by atoms with Crippen molar-refractivity contribution in [2.45, 2.75) is 19.9 Å². The quantitative estimate of drug-likeness (QED) is 0.679. The van der Waals surface area contributed by atoms with Gasteiger partial charge in [0.25, 0.3) is 0 Å². The number of hydrogen-bond donors (Lipinski definition) is 1. The van der Waals surface area contributed by atoms with Gasteiger partial charge in [0, 0.05) is 32.2 Å². The molecule has 0 radical (unpaired) electrons. The van der Waals surface area contributed by atoms with E-state index < -0.39 is 0 Å². The molecule has 0 saturated carbocycles. The summed E-state index contributed by atoms with van der Waals surface area (Å²) in [5.74, 6) is 0. The van der Waals surface area contributed by atoms with E-state index in [-0.39, 0.29) is 6.61 Å². The standard InChI is InChI=1S/C11H24N2O2/c1-3-13(4-7-14)11(2)10-12-5-8-15-9-6-12/h11,14H,3-10H2,1-2H3. The van der Waals surface area contributed by atoms with Crippen molar-refractivity contribution in [3.05, 3.63) is 0 Å². The Bertz CT molecular complexity index is 161. The third-order valence-corrected chi connectivity index (χ3v) is 3.04. The summed E-state index contributed by atoms with van der Waals surface area (Å²) in [6.07, 6.45) is 0. The van der Waals surface area contributed by atoms with Crippen LogP contribution in [0.1, 0.15) is 13.8 Å². The summed E-state index contributed by atoms with van der Waals surface area (Å²) in [5.41, 5.74) is 0. The van der Waals surface area contributed by atoms with Gasteiger partial charge in [0.05, 0.1) is 19.8 Å². The summed E-state index contributed by atoms with van der Waals surface area (Å²) in [6.45, 7) is 11.3. The Kier molecular flexibility index (Phi) is 6.17.